The first-order valence-corrected chi connectivity index (χ1v) is 10.3. The molecule has 0 aliphatic carbocycles. The van der Waals surface area contributed by atoms with Crippen molar-refractivity contribution in [2.24, 2.45) is 0 Å². The Balaban J connectivity index is 1.59. The number of nitrogens with zero attached hydrogens (tertiary/aromatic N) is 3. The van der Waals surface area contributed by atoms with Gasteiger partial charge in [0.05, 0.1) is 34.1 Å². The lowest BCUT2D eigenvalue weighted by Gasteiger charge is -2.15. The zero-order chi connectivity index (χ0) is 22.7. The monoisotopic (exact) mass is 441 g/mol. The molecule has 6 nitrogen and oxygen atoms in total. The summed E-state index contributed by atoms with van der Waals surface area (Å²) in [5.41, 5.74) is 3.29. The van der Waals surface area contributed by atoms with Crippen molar-refractivity contribution >= 4 is 23.2 Å². The van der Waals surface area contributed by atoms with Gasteiger partial charge in [0.1, 0.15) is 5.82 Å². The van der Waals surface area contributed by atoms with Gasteiger partial charge in [0.15, 0.2) is 0 Å². The van der Waals surface area contributed by atoms with Gasteiger partial charge in [-0.15, -0.1) is 0 Å². The van der Waals surface area contributed by atoms with Crippen LogP contribution in [0.15, 0.2) is 73.1 Å². The van der Waals surface area contributed by atoms with E-state index in [0.717, 1.165) is 11.3 Å². The number of hydrogen-bond acceptors (Lipinski definition) is 4. The van der Waals surface area contributed by atoms with Gasteiger partial charge in [-0.05, 0) is 49.7 Å². The van der Waals surface area contributed by atoms with E-state index in [0.29, 0.717) is 33.4 Å². The number of aromatic nitrogens is 3. The number of H-pyrrole nitrogens is 1. The number of nitrogens with one attached hydrogen (secondary N) is 2. The maximum absolute atomic E-state index is 12.8. The number of imidazole rings is 1. The molecule has 158 valence electrons. The fourth-order valence-electron chi connectivity index (χ4n) is 3.18. The second kappa shape index (κ2) is 8.66. The molecule has 1 amide bonds. The molecule has 2 aromatic heterocycles. The molecule has 4 aromatic rings. The highest BCUT2D eigenvalue weighted by Crippen LogP contribution is 2.30. The van der Waals surface area contributed by atoms with Gasteiger partial charge in [0.2, 0.25) is 0 Å². The van der Waals surface area contributed by atoms with E-state index in [2.05, 4.69) is 26.3 Å². The van der Waals surface area contributed by atoms with Crippen molar-refractivity contribution in [2.75, 3.05) is 5.32 Å². The number of anilines is 1. The molecule has 0 aliphatic heterocycles. The smallest absolute Gasteiger partial charge is 0.255 e. The number of amides is 1. The average Bonchev–Trinajstić information content (AvgIpc) is 3.31. The summed E-state index contributed by atoms with van der Waals surface area (Å²) in [7, 11) is 0. The van der Waals surface area contributed by atoms with Crippen molar-refractivity contribution in [3.63, 3.8) is 0 Å². The van der Waals surface area contributed by atoms with Crippen LogP contribution < -0.4 is 5.32 Å². The molecule has 2 heterocycles. The largest absolute Gasteiger partial charge is 0.338 e. The first-order valence-electron chi connectivity index (χ1n) is 9.97. The Labute approximate surface area is 190 Å². The zero-order valence-electron chi connectivity index (χ0n) is 17.6. The lowest BCUT2D eigenvalue weighted by molar-refractivity contribution is 0.102. The van der Waals surface area contributed by atoms with Gasteiger partial charge in [-0.2, -0.15) is 5.26 Å². The molecule has 4 rings (SSSR count). The molecule has 0 fully saturated rings. The van der Waals surface area contributed by atoms with Crippen LogP contribution in [0.2, 0.25) is 5.02 Å². The number of benzene rings is 2. The van der Waals surface area contributed by atoms with Crippen LogP contribution in [0.3, 0.4) is 0 Å². The minimum atomic E-state index is -0.792. The average molecular weight is 442 g/mol. The Hall–Kier alpha value is -3.95. The Bertz CT molecular complexity index is 1320. The number of rotatable bonds is 5. The van der Waals surface area contributed by atoms with Crippen molar-refractivity contribution in [3.8, 4) is 28.7 Å². The van der Waals surface area contributed by atoms with Crippen LogP contribution in [0, 0.1) is 11.3 Å². The van der Waals surface area contributed by atoms with Gasteiger partial charge in [-0.3, -0.25) is 9.78 Å². The van der Waals surface area contributed by atoms with Crippen molar-refractivity contribution in [2.45, 2.75) is 19.3 Å². The van der Waals surface area contributed by atoms with Crippen LogP contribution in [0.1, 0.15) is 29.9 Å². The molecule has 0 unspecified atom stereocenters. The van der Waals surface area contributed by atoms with Crippen LogP contribution in [-0.2, 0) is 5.41 Å². The predicted octanol–water partition coefficient (Wildman–Crippen LogP) is 5.85. The summed E-state index contributed by atoms with van der Waals surface area (Å²) in [4.78, 5) is 24.8. The number of halogens is 1. The molecule has 32 heavy (non-hydrogen) atoms. The maximum Gasteiger partial charge on any atom is 0.255 e. The molecule has 2 aromatic carbocycles. The van der Waals surface area contributed by atoms with Gasteiger partial charge >= 0.3 is 0 Å². The van der Waals surface area contributed by atoms with Gasteiger partial charge < -0.3 is 10.3 Å². The lowest BCUT2D eigenvalue weighted by Crippen LogP contribution is -2.18. The fraction of sp³-hybridized carbons (Fsp3) is 0.120. The van der Waals surface area contributed by atoms with Gasteiger partial charge in [-0.1, -0.05) is 41.9 Å². The van der Waals surface area contributed by atoms with E-state index in [9.17, 15) is 10.1 Å². The third kappa shape index (κ3) is 4.39. The highest BCUT2D eigenvalue weighted by molar-refractivity contribution is 6.33. The third-order valence-electron chi connectivity index (χ3n) is 5.08. The summed E-state index contributed by atoms with van der Waals surface area (Å²) in [6, 6.07) is 20.5. The lowest BCUT2D eigenvalue weighted by atomic mass is 9.90. The van der Waals surface area contributed by atoms with E-state index in [1.54, 1.807) is 50.4 Å². The van der Waals surface area contributed by atoms with Crippen LogP contribution in [-0.4, -0.2) is 20.9 Å². The minimum Gasteiger partial charge on any atom is -0.338 e. The topological polar surface area (TPSA) is 94.5 Å². The molecule has 0 atom stereocenters. The van der Waals surface area contributed by atoms with E-state index in [-0.39, 0.29) is 5.91 Å². The molecule has 0 spiro atoms. The highest BCUT2D eigenvalue weighted by Gasteiger charge is 2.22. The predicted molar refractivity (Wildman–Crippen MR) is 125 cm³/mol. The molecule has 7 heteroatoms. The van der Waals surface area contributed by atoms with Crippen molar-refractivity contribution in [1.29, 1.82) is 5.26 Å². The van der Waals surface area contributed by atoms with Gasteiger partial charge in [-0.25, -0.2) is 4.98 Å². The number of nitriles is 1. The Morgan fingerprint density at radius 2 is 1.88 bits per heavy atom. The number of pyridine rings is 1. The van der Waals surface area contributed by atoms with E-state index in [1.165, 1.54) is 6.20 Å². The summed E-state index contributed by atoms with van der Waals surface area (Å²) in [5, 5.41) is 12.7. The maximum atomic E-state index is 12.8. The van der Waals surface area contributed by atoms with Crippen LogP contribution in [0.25, 0.3) is 22.6 Å². The minimum absolute atomic E-state index is 0.305. The molecule has 0 saturated carbocycles. The molecular formula is C25H20ClN5O. The summed E-state index contributed by atoms with van der Waals surface area (Å²) in [6.45, 7) is 3.52. The number of aromatic amines is 1. The molecule has 0 saturated heterocycles. The highest BCUT2D eigenvalue weighted by atomic mass is 35.5. The second-order valence-electron chi connectivity index (χ2n) is 7.83. The first kappa shape index (κ1) is 21.3. The molecular weight excluding hydrogens is 422 g/mol. The molecule has 0 aliphatic rings. The van der Waals surface area contributed by atoms with Crippen molar-refractivity contribution < 1.29 is 4.79 Å². The number of carbonyl (C=O) groups excluding carboxylic acids is 1. The summed E-state index contributed by atoms with van der Waals surface area (Å²) in [6.07, 6.45) is 3.28. The zero-order valence-corrected chi connectivity index (χ0v) is 18.3. The third-order valence-corrected chi connectivity index (χ3v) is 5.41. The molecule has 2 N–H and O–H groups in total. The normalized spacial score (nSPS) is 11.1. The number of carbonyl (C=O) groups is 1. The summed E-state index contributed by atoms with van der Waals surface area (Å²) in [5.74, 6) is 0.298. The standard InChI is InChI=1S/C25H20ClN5O/c1-25(2,15-27)22-12-17(10-11-28-22)24(32)30-18-8-9-20(26)19(13-18)23-29-14-21(31-23)16-6-4-3-5-7-16/h3-14H,1-2H3,(H,29,31)(H,30,32). The van der Waals surface area contributed by atoms with Crippen molar-refractivity contribution in [3.05, 3.63) is 89.3 Å². The Morgan fingerprint density at radius 3 is 2.62 bits per heavy atom. The second-order valence-corrected chi connectivity index (χ2v) is 8.23. The molecule has 0 bridgehead atoms. The molecule has 0 radical (unpaired) electrons. The fourth-order valence-corrected chi connectivity index (χ4v) is 3.39. The van der Waals surface area contributed by atoms with Crippen molar-refractivity contribution in [1.82, 2.24) is 15.0 Å². The van der Waals surface area contributed by atoms with Crippen LogP contribution >= 0.6 is 11.6 Å². The van der Waals surface area contributed by atoms with Gasteiger partial charge in [0, 0.05) is 23.0 Å². The summed E-state index contributed by atoms with van der Waals surface area (Å²) < 4.78 is 0. The van der Waals surface area contributed by atoms with Crippen LogP contribution in [0.5, 0.6) is 0 Å². The first-order chi connectivity index (χ1) is 15.4. The van der Waals surface area contributed by atoms with E-state index < -0.39 is 5.41 Å². The van der Waals surface area contributed by atoms with E-state index in [4.69, 9.17) is 11.6 Å². The number of hydrogen-bond donors (Lipinski definition) is 2. The SMILES string of the molecule is CC(C)(C#N)c1cc(C(=O)Nc2ccc(Cl)c(-c3ncc(-c4ccccc4)[nH]3)c2)ccn1. The van der Waals surface area contributed by atoms with E-state index in [1.807, 2.05) is 30.3 Å². The Kier molecular flexibility index (Phi) is 5.76. The quantitative estimate of drug-likeness (QED) is 0.406. The summed E-state index contributed by atoms with van der Waals surface area (Å²) >= 11 is 6.41. The van der Waals surface area contributed by atoms with Crippen LogP contribution in [0.4, 0.5) is 5.69 Å². The van der Waals surface area contributed by atoms with E-state index >= 15 is 0 Å². The van der Waals surface area contributed by atoms with Gasteiger partial charge in [0.25, 0.3) is 5.91 Å². The Morgan fingerprint density at radius 1 is 1.09 bits per heavy atom.